The highest BCUT2D eigenvalue weighted by Crippen LogP contribution is 2.21. The zero-order valence-corrected chi connectivity index (χ0v) is 21.5. The number of nitrogens with one attached hydrogen (secondary N) is 2. The number of rotatable bonds is 8. The third kappa shape index (κ3) is 6.93. The lowest BCUT2D eigenvalue weighted by Crippen LogP contribution is -2.39. The maximum absolute atomic E-state index is 12.6. The molecule has 166 valence electrons. The fourth-order valence-corrected chi connectivity index (χ4v) is 5.77. The number of thiophene rings is 1. The number of halogens is 1. The minimum absolute atomic E-state index is 0. The molecule has 1 aromatic heterocycles. The second-order valence-corrected chi connectivity index (χ2v) is 10.4. The maximum atomic E-state index is 12.6. The van der Waals surface area contributed by atoms with Gasteiger partial charge in [0.15, 0.2) is 5.96 Å². The predicted octanol–water partition coefficient (Wildman–Crippen LogP) is 3.69. The van der Waals surface area contributed by atoms with Crippen LogP contribution in [0, 0.1) is 5.92 Å². The van der Waals surface area contributed by atoms with Crippen molar-refractivity contribution in [1.29, 1.82) is 0 Å². The molecule has 0 bridgehead atoms. The van der Waals surface area contributed by atoms with Gasteiger partial charge >= 0.3 is 0 Å². The quantitative estimate of drug-likeness (QED) is 0.293. The second kappa shape index (κ2) is 12.0. The average Bonchev–Trinajstić information content (AvgIpc) is 3.43. The molecule has 3 rings (SSSR count). The first-order valence-electron chi connectivity index (χ1n) is 10.0. The van der Waals surface area contributed by atoms with Crippen LogP contribution >= 0.6 is 35.3 Å². The minimum atomic E-state index is -3.35. The lowest BCUT2D eigenvalue weighted by molar-refractivity contribution is 0.477. The molecule has 0 saturated carbocycles. The van der Waals surface area contributed by atoms with Gasteiger partial charge in [-0.25, -0.2) is 8.42 Å². The van der Waals surface area contributed by atoms with E-state index in [4.69, 9.17) is 0 Å². The Balaban J connectivity index is 0.00000320. The van der Waals surface area contributed by atoms with Crippen LogP contribution in [0.4, 0.5) is 0 Å². The fraction of sp³-hybridized carbons (Fsp3) is 0.476. The molecule has 0 amide bonds. The van der Waals surface area contributed by atoms with Gasteiger partial charge in [-0.15, -0.1) is 35.3 Å². The van der Waals surface area contributed by atoms with Gasteiger partial charge in [-0.3, -0.25) is 4.99 Å². The van der Waals surface area contributed by atoms with E-state index in [1.165, 1.54) is 4.88 Å². The van der Waals surface area contributed by atoms with Crippen molar-refractivity contribution in [3.8, 4) is 0 Å². The summed E-state index contributed by atoms with van der Waals surface area (Å²) < 4.78 is 26.8. The Hall–Kier alpha value is -1.17. The summed E-state index contributed by atoms with van der Waals surface area (Å²) in [6.07, 6.45) is 2.94. The maximum Gasteiger partial charge on any atom is 0.243 e. The van der Waals surface area contributed by atoms with Crippen molar-refractivity contribution in [2.75, 3.05) is 26.7 Å². The molecule has 2 N–H and O–H groups in total. The summed E-state index contributed by atoms with van der Waals surface area (Å²) in [6, 6.07) is 11.4. The molecule has 2 heterocycles. The molecule has 2 aromatic rings. The van der Waals surface area contributed by atoms with E-state index < -0.39 is 10.0 Å². The van der Waals surface area contributed by atoms with E-state index in [2.05, 4.69) is 40.1 Å². The summed E-state index contributed by atoms with van der Waals surface area (Å²) in [5.74, 6) is 1.25. The Morgan fingerprint density at radius 3 is 2.47 bits per heavy atom. The normalized spacial score (nSPS) is 16.1. The van der Waals surface area contributed by atoms with Crippen molar-refractivity contribution in [2.24, 2.45) is 10.9 Å². The number of guanidine groups is 1. The lowest BCUT2D eigenvalue weighted by Gasteiger charge is -2.17. The van der Waals surface area contributed by atoms with Crippen molar-refractivity contribution >= 4 is 51.3 Å². The smallest absolute Gasteiger partial charge is 0.243 e. The number of sulfonamides is 1. The van der Waals surface area contributed by atoms with Gasteiger partial charge in [0.25, 0.3) is 0 Å². The molecular formula is C21H31IN4O2S2. The highest BCUT2D eigenvalue weighted by Gasteiger charge is 2.26. The molecule has 1 atom stereocenters. The van der Waals surface area contributed by atoms with Crippen molar-refractivity contribution in [2.45, 2.75) is 37.6 Å². The lowest BCUT2D eigenvalue weighted by atomic mass is 10.1. The summed E-state index contributed by atoms with van der Waals surface area (Å²) >= 11 is 1.79. The molecule has 30 heavy (non-hydrogen) atoms. The van der Waals surface area contributed by atoms with Crippen LogP contribution in [-0.4, -0.2) is 45.4 Å². The van der Waals surface area contributed by atoms with Gasteiger partial charge in [0.1, 0.15) is 0 Å². The number of nitrogens with zero attached hydrogens (tertiary/aromatic N) is 2. The van der Waals surface area contributed by atoms with Gasteiger partial charge in [-0.1, -0.05) is 25.1 Å². The summed E-state index contributed by atoms with van der Waals surface area (Å²) in [5.41, 5.74) is 1.01. The Bertz CT molecular complexity index is 894. The highest BCUT2D eigenvalue weighted by molar-refractivity contribution is 14.0. The molecule has 0 radical (unpaired) electrons. The van der Waals surface area contributed by atoms with E-state index in [1.807, 2.05) is 12.1 Å². The summed E-state index contributed by atoms with van der Waals surface area (Å²) in [6.45, 7) is 4.89. The van der Waals surface area contributed by atoms with Crippen LogP contribution < -0.4 is 10.6 Å². The molecule has 0 spiro atoms. The van der Waals surface area contributed by atoms with E-state index >= 15 is 0 Å². The molecule has 1 aromatic carbocycles. The predicted molar refractivity (Wildman–Crippen MR) is 135 cm³/mol. The first-order chi connectivity index (χ1) is 14.0. The minimum Gasteiger partial charge on any atom is -0.356 e. The fourth-order valence-electron chi connectivity index (χ4n) is 3.38. The first kappa shape index (κ1) is 25.1. The van der Waals surface area contributed by atoms with Crippen LogP contribution in [0.1, 0.15) is 30.2 Å². The zero-order chi connectivity index (χ0) is 20.7. The molecule has 1 aliphatic rings. The first-order valence-corrected chi connectivity index (χ1v) is 12.4. The second-order valence-electron chi connectivity index (χ2n) is 7.45. The Morgan fingerprint density at radius 2 is 1.87 bits per heavy atom. The van der Waals surface area contributed by atoms with Crippen molar-refractivity contribution < 1.29 is 8.42 Å². The molecular weight excluding hydrogens is 531 g/mol. The van der Waals surface area contributed by atoms with Crippen LogP contribution in [0.3, 0.4) is 0 Å². The molecule has 1 unspecified atom stereocenters. The third-order valence-electron chi connectivity index (χ3n) is 5.06. The largest absolute Gasteiger partial charge is 0.356 e. The Kier molecular flexibility index (Phi) is 10.1. The van der Waals surface area contributed by atoms with Gasteiger partial charge in [0.2, 0.25) is 10.0 Å². The van der Waals surface area contributed by atoms with Gasteiger partial charge in [0.05, 0.1) is 4.90 Å². The summed E-state index contributed by atoms with van der Waals surface area (Å²) in [4.78, 5) is 6.04. The molecule has 1 aliphatic heterocycles. The molecule has 6 nitrogen and oxygen atoms in total. The van der Waals surface area contributed by atoms with Crippen LogP contribution in [0.2, 0.25) is 0 Å². The van der Waals surface area contributed by atoms with Crippen LogP contribution in [-0.2, 0) is 23.0 Å². The third-order valence-corrected chi connectivity index (χ3v) is 7.87. The van der Waals surface area contributed by atoms with Crippen LogP contribution in [0.15, 0.2) is 51.7 Å². The summed E-state index contributed by atoms with van der Waals surface area (Å²) in [7, 11) is -1.60. The van der Waals surface area contributed by atoms with Gasteiger partial charge in [0, 0.05) is 38.1 Å². The van der Waals surface area contributed by atoms with E-state index in [9.17, 15) is 8.42 Å². The Labute approximate surface area is 201 Å². The van der Waals surface area contributed by atoms with Crippen molar-refractivity contribution in [3.05, 3.63) is 52.2 Å². The average molecular weight is 563 g/mol. The number of benzene rings is 1. The van der Waals surface area contributed by atoms with Crippen LogP contribution in [0.5, 0.6) is 0 Å². The van der Waals surface area contributed by atoms with Crippen LogP contribution in [0.25, 0.3) is 0 Å². The van der Waals surface area contributed by atoms with Crippen molar-refractivity contribution in [3.63, 3.8) is 0 Å². The van der Waals surface area contributed by atoms with E-state index in [0.717, 1.165) is 37.3 Å². The SMILES string of the molecule is CN=C(NCc1ccc(S(=O)(=O)N2CCCC2)cc1)NCC(C)Cc1cccs1.I. The van der Waals surface area contributed by atoms with E-state index in [-0.39, 0.29) is 24.0 Å². The monoisotopic (exact) mass is 562 g/mol. The van der Waals surface area contributed by atoms with Crippen molar-refractivity contribution in [1.82, 2.24) is 14.9 Å². The topological polar surface area (TPSA) is 73.8 Å². The number of aliphatic imine (C=N–C) groups is 1. The Morgan fingerprint density at radius 1 is 1.17 bits per heavy atom. The van der Waals surface area contributed by atoms with Gasteiger partial charge in [-0.05, 0) is 54.3 Å². The number of hydrogen-bond acceptors (Lipinski definition) is 4. The van der Waals surface area contributed by atoms with Gasteiger partial charge in [-0.2, -0.15) is 4.31 Å². The molecule has 1 fully saturated rings. The summed E-state index contributed by atoms with van der Waals surface area (Å²) in [5, 5.41) is 8.77. The zero-order valence-electron chi connectivity index (χ0n) is 17.5. The highest BCUT2D eigenvalue weighted by atomic mass is 127. The van der Waals surface area contributed by atoms with E-state index in [1.54, 1.807) is 34.8 Å². The molecule has 1 saturated heterocycles. The number of hydrogen-bond donors (Lipinski definition) is 2. The standard InChI is InChI=1S/C21H30N4O2S2.HI/c1-17(14-19-6-5-13-28-19)15-23-21(22-2)24-16-18-7-9-20(10-8-18)29(26,27)25-11-3-4-12-25;/h5-10,13,17H,3-4,11-12,14-16H2,1-2H3,(H2,22,23,24);1H. The molecule has 0 aliphatic carbocycles. The van der Waals surface area contributed by atoms with E-state index in [0.29, 0.717) is 30.4 Å². The van der Waals surface area contributed by atoms with Gasteiger partial charge < -0.3 is 10.6 Å². The molecule has 9 heteroatoms.